The van der Waals surface area contributed by atoms with Gasteiger partial charge in [-0.05, 0) is 24.6 Å². The average molecular weight is 324 g/mol. The van der Waals surface area contributed by atoms with Gasteiger partial charge in [-0.2, -0.15) is 0 Å². The van der Waals surface area contributed by atoms with Crippen molar-refractivity contribution in [2.75, 3.05) is 19.7 Å². The number of hydrogen-bond donors (Lipinski definition) is 2. The van der Waals surface area contributed by atoms with Gasteiger partial charge >= 0.3 is 0 Å². The van der Waals surface area contributed by atoms with Crippen molar-refractivity contribution in [1.29, 1.82) is 0 Å². The Labute approximate surface area is 143 Å². The first kappa shape index (κ1) is 16.7. The molecule has 126 valence electrons. The molecule has 1 aliphatic heterocycles. The third-order valence-electron chi connectivity index (χ3n) is 4.78. The van der Waals surface area contributed by atoms with E-state index < -0.39 is 0 Å². The Bertz CT molecular complexity index is 660. The lowest BCUT2D eigenvalue weighted by atomic mass is 9.77. The second-order valence-electron chi connectivity index (χ2n) is 6.21. The highest BCUT2D eigenvalue weighted by Gasteiger charge is 2.41. The van der Waals surface area contributed by atoms with Crippen molar-refractivity contribution in [2.45, 2.75) is 24.9 Å². The lowest BCUT2D eigenvalue weighted by Crippen LogP contribution is -2.65. The number of rotatable bonds is 6. The highest BCUT2D eigenvalue weighted by molar-refractivity contribution is 5.94. The largest absolute Gasteiger partial charge is 0.395 e. The smallest absolute Gasteiger partial charge is 0.253 e. The van der Waals surface area contributed by atoms with E-state index in [9.17, 15) is 9.90 Å². The van der Waals surface area contributed by atoms with Crippen LogP contribution in [0.15, 0.2) is 60.7 Å². The van der Waals surface area contributed by atoms with Crippen molar-refractivity contribution in [3.8, 4) is 0 Å². The van der Waals surface area contributed by atoms with Crippen LogP contribution in [0, 0.1) is 0 Å². The normalized spacial score (nSPS) is 22.7. The Balaban J connectivity index is 1.72. The van der Waals surface area contributed by atoms with E-state index in [-0.39, 0.29) is 30.5 Å². The molecule has 0 spiro atoms. The predicted octanol–water partition coefficient (Wildman–Crippen LogP) is 2.27. The number of aliphatic hydroxyl groups is 1. The minimum atomic E-state index is 0.0548. The molecule has 0 radical (unpaired) electrons. The molecule has 2 aromatic carbocycles. The van der Waals surface area contributed by atoms with E-state index in [2.05, 4.69) is 17.4 Å². The number of nitrogens with zero attached hydrogens (tertiary/aromatic N) is 1. The molecule has 3 rings (SSSR count). The summed E-state index contributed by atoms with van der Waals surface area (Å²) in [6.45, 7) is 3.41. The number of carbonyl (C=O) groups excluding carboxylic acids is 1. The van der Waals surface area contributed by atoms with Crippen LogP contribution in [0.1, 0.15) is 28.8 Å². The summed E-state index contributed by atoms with van der Waals surface area (Å²) >= 11 is 0. The van der Waals surface area contributed by atoms with Crippen molar-refractivity contribution in [3.63, 3.8) is 0 Å². The molecule has 0 aromatic heterocycles. The van der Waals surface area contributed by atoms with Crippen LogP contribution in [-0.4, -0.2) is 47.7 Å². The number of nitrogens with one attached hydrogen (secondary N) is 1. The first-order valence-corrected chi connectivity index (χ1v) is 8.50. The summed E-state index contributed by atoms with van der Waals surface area (Å²) in [5, 5.41) is 13.0. The molecule has 4 nitrogen and oxygen atoms in total. The molecule has 24 heavy (non-hydrogen) atoms. The Hall–Kier alpha value is -2.17. The fourth-order valence-corrected chi connectivity index (χ4v) is 3.47. The summed E-state index contributed by atoms with van der Waals surface area (Å²) < 4.78 is 0. The van der Waals surface area contributed by atoms with Gasteiger partial charge in [-0.25, -0.2) is 0 Å². The van der Waals surface area contributed by atoms with Gasteiger partial charge in [-0.1, -0.05) is 48.5 Å². The van der Waals surface area contributed by atoms with Crippen LogP contribution >= 0.6 is 0 Å². The number of benzene rings is 2. The van der Waals surface area contributed by atoms with Gasteiger partial charge < -0.3 is 15.3 Å². The van der Waals surface area contributed by atoms with E-state index in [1.54, 1.807) is 0 Å². The fourth-order valence-electron chi connectivity index (χ4n) is 3.47. The summed E-state index contributed by atoms with van der Waals surface area (Å²) in [5.41, 5.74) is 1.93. The minimum absolute atomic E-state index is 0.0548. The molecule has 2 N–H and O–H groups in total. The topological polar surface area (TPSA) is 52.6 Å². The van der Waals surface area contributed by atoms with E-state index in [0.29, 0.717) is 18.7 Å². The Morgan fingerprint density at radius 3 is 2.25 bits per heavy atom. The van der Waals surface area contributed by atoms with Crippen LogP contribution in [0.4, 0.5) is 0 Å². The maximum atomic E-state index is 12.7. The molecule has 3 atom stereocenters. The number of likely N-dealkylation sites (N-methyl/N-ethyl adjacent to an activating group) is 1. The summed E-state index contributed by atoms with van der Waals surface area (Å²) in [6, 6.07) is 19.8. The minimum Gasteiger partial charge on any atom is -0.395 e. The van der Waals surface area contributed by atoms with Crippen LogP contribution in [0.25, 0.3) is 0 Å². The fraction of sp³-hybridized carbons (Fsp3) is 0.350. The van der Waals surface area contributed by atoms with E-state index in [0.717, 1.165) is 0 Å². The molecule has 1 fully saturated rings. The van der Waals surface area contributed by atoms with Crippen molar-refractivity contribution >= 4 is 5.91 Å². The Kier molecular flexibility index (Phi) is 5.28. The second-order valence-corrected chi connectivity index (χ2v) is 6.21. The van der Waals surface area contributed by atoms with E-state index in [1.165, 1.54) is 5.56 Å². The summed E-state index contributed by atoms with van der Waals surface area (Å²) in [6.07, 6.45) is 0. The predicted molar refractivity (Wildman–Crippen MR) is 95.0 cm³/mol. The molecular formula is C20H24N2O2. The van der Waals surface area contributed by atoms with Gasteiger partial charge in [0.1, 0.15) is 0 Å². The number of amides is 1. The van der Waals surface area contributed by atoms with Crippen molar-refractivity contribution in [3.05, 3.63) is 71.8 Å². The summed E-state index contributed by atoms with van der Waals surface area (Å²) in [7, 11) is 0. The van der Waals surface area contributed by atoms with E-state index in [4.69, 9.17) is 0 Å². The monoisotopic (exact) mass is 324 g/mol. The second kappa shape index (κ2) is 7.60. The standard InChI is InChI=1S/C20H24N2O2/c1-2-22(20(24)16-11-7-4-8-12-16)13-17-19(18(14-23)21-17)15-9-5-3-6-10-15/h3-12,17-19,21,23H,2,13-14H2,1H3/t17-,18+,19+/m1/s1. The first-order valence-electron chi connectivity index (χ1n) is 8.50. The van der Waals surface area contributed by atoms with Gasteiger partial charge in [-0.15, -0.1) is 0 Å². The van der Waals surface area contributed by atoms with Crippen molar-refractivity contribution in [1.82, 2.24) is 10.2 Å². The maximum absolute atomic E-state index is 12.7. The maximum Gasteiger partial charge on any atom is 0.253 e. The molecule has 1 amide bonds. The van der Waals surface area contributed by atoms with Crippen LogP contribution in [0.2, 0.25) is 0 Å². The lowest BCUT2D eigenvalue weighted by molar-refractivity contribution is 0.0641. The first-order chi connectivity index (χ1) is 11.7. The molecule has 2 aromatic rings. The van der Waals surface area contributed by atoms with Gasteiger partial charge in [0.2, 0.25) is 0 Å². The molecule has 4 heteroatoms. The molecule has 0 bridgehead atoms. The zero-order valence-corrected chi connectivity index (χ0v) is 13.9. The van der Waals surface area contributed by atoms with Crippen LogP contribution in [0.3, 0.4) is 0 Å². The molecule has 0 unspecified atom stereocenters. The molecule has 1 aliphatic rings. The Morgan fingerprint density at radius 1 is 1.04 bits per heavy atom. The summed E-state index contributed by atoms with van der Waals surface area (Å²) in [4.78, 5) is 14.6. The Morgan fingerprint density at radius 2 is 1.67 bits per heavy atom. The molecule has 0 aliphatic carbocycles. The number of aliphatic hydroxyl groups excluding tert-OH is 1. The van der Waals surface area contributed by atoms with Gasteiger partial charge in [0.05, 0.1) is 6.61 Å². The number of carbonyl (C=O) groups is 1. The van der Waals surface area contributed by atoms with Crippen molar-refractivity contribution < 1.29 is 9.90 Å². The van der Waals surface area contributed by atoms with E-state index >= 15 is 0 Å². The SMILES string of the molecule is CCN(C[C@H]1N[C@@H](CO)[C@H]1c1ccccc1)C(=O)c1ccccc1. The number of hydrogen-bond acceptors (Lipinski definition) is 3. The van der Waals surface area contributed by atoms with Crippen LogP contribution in [0.5, 0.6) is 0 Å². The average Bonchev–Trinajstić information content (AvgIpc) is 2.62. The third-order valence-corrected chi connectivity index (χ3v) is 4.78. The molecular weight excluding hydrogens is 300 g/mol. The van der Waals surface area contributed by atoms with E-state index in [1.807, 2.05) is 60.4 Å². The van der Waals surface area contributed by atoms with Crippen molar-refractivity contribution in [2.24, 2.45) is 0 Å². The molecule has 1 heterocycles. The molecule has 0 saturated carbocycles. The zero-order valence-electron chi connectivity index (χ0n) is 13.9. The van der Waals surface area contributed by atoms with Gasteiger partial charge in [0, 0.05) is 36.7 Å². The van der Waals surface area contributed by atoms with Gasteiger partial charge in [0.15, 0.2) is 0 Å². The molecule has 1 saturated heterocycles. The highest BCUT2D eigenvalue weighted by atomic mass is 16.3. The van der Waals surface area contributed by atoms with Gasteiger partial charge in [0.25, 0.3) is 5.91 Å². The van der Waals surface area contributed by atoms with Gasteiger partial charge in [-0.3, -0.25) is 4.79 Å². The zero-order chi connectivity index (χ0) is 16.9. The third kappa shape index (κ3) is 3.35. The van der Waals surface area contributed by atoms with Crippen LogP contribution < -0.4 is 5.32 Å². The summed E-state index contributed by atoms with van der Waals surface area (Å²) in [5.74, 6) is 0.285. The van der Waals surface area contributed by atoms with Crippen LogP contribution in [-0.2, 0) is 0 Å². The highest BCUT2D eigenvalue weighted by Crippen LogP contribution is 2.32. The lowest BCUT2D eigenvalue weighted by Gasteiger charge is -2.47. The quantitative estimate of drug-likeness (QED) is 0.857.